The van der Waals surface area contributed by atoms with E-state index in [2.05, 4.69) is 10.3 Å². The first kappa shape index (κ1) is 16.7. The van der Waals surface area contributed by atoms with Crippen LogP contribution >= 0.6 is 0 Å². The van der Waals surface area contributed by atoms with E-state index < -0.39 is 11.0 Å². The predicted octanol–water partition coefficient (Wildman–Crippen LogP) is 2.83. The molecule has 0 bridgehead atoms. The van der Waals surface area contributed by atoms with Gasteiger partial charge in [0.2, 0.25) is 0 Å². The van der Waals surface area contributed by atoms with Crippen molar-refractivity contribution in [1.29, 1.82) is 0 Å². The highest BCUT2D eigenvalue weighted by molar-refractivity contribution is 5.81. The van der Waals surface area contributed by atoms with E-state index in [0.29, 0.717) is 24.5 Å². The number of rotatable bonds is 5. The lowest BCUT2D eigenvalue weighted by molar-refractivity contribution is -0.386. The van der Waals surface area contributed by atoms with Gasteiger partial charge in [0.1, 0.15) is 11.5 Å². The maximum absolute atomic E-state index is 11.9. The number of ether oxygens (including phenoxy) is 2. The molecule has 1 unspecified atom stereocenters. The van der Waals surface area contributed by atoms with Gasteiger partial charge < -0.3 is 14.8 Å². The summed E-state index contributed by atoms with van der Waals surface area (Å²) in [6, 6.07) is 9.33. The molecule has 0 radical (unpaired) electrons. The van der Waals surface area contributed by atoms with Gasteiger partial charge in [0.15, 0.2) is 6.10 Å². The van der Waals surface area contributed by atoms with E-state index in [0.717, 1.165) is 12.8 Å². The zero-order valence-electron chi connectivity index (χ0n) is 13.4. The molecule has 2 aromatic rings. The second-order valence-corrected chi connectivity index (χ2v) is 5.55. The molecule has 8 nitrogen and oxygen atoms in total. The summed E-state index contributed by atoms with van der Waals surface area (Å²) in [5, 5.41) is 13.8. The van der Waals surface area contributed by atoms with Crippen molar-refractivity contribution in [2.75, 3.05) is 6.54 Å². The van der Waals surface area contributed by atoms with Crippen molar-refractivity contribution >= 4 is 11.6 Å². The third kappa shape index (κ3) is 4.23. The van der Waals surface area contributed by atoms with E-state index in [9.17, 15) is 14.9 Å². The topological polar surface area (TPSA) is 104 Å². The van der Waals surface area contributed by atoms with Gasteiger partial charge in [-0.25, -0.2) is 4.98 Å². The minimum atomic E-state index is -0.551. The minimum Gasteiger partial charge on any atom is -0.481 e. The quantitative estimate of drug-likeness (QED) is 0.661. The third-order valence-corrected chi connectivity index (χ3v) is 3.75. The van der Waals surface area contributed by atoms with Crippen LogP contribution in [0.2, 0.25) is 0 Å². The molecular formula is C17H17N3O5. The second kappa shape index (κ2) is 7.61. The lowest BCUT2D eigenvalue weighted by Gasteiger charge is -2.16. The Kier molecular flexibility index (Phi) is 5.08. The number of carbonyl (C=O) groups is 1. The number of benzene rings is 1. The Balaban J connectivity index is 1.68. The number of nitrogens with one attached hydrogen (secondary N) is 1. The lowest BCUT2D eigenvalue weighted by Crippen LogP contribution is -2.36. The van der Waals surface area contributed by atoms with Gasteiger partial charge in [-0.3, -0.25) is 14.9 Å². The number of pyridine rings is 1. The molecule has 3 rings (SSSR count). The monoisotopic (exact) mass is 343 g/mol. The molecule has 0 aliphatic carbocycles. The fourth-order valence-corrected chi connectivity index (χ4v) is 2.49. The highest BCUT2D eigenvalue weighted by atomic mass is 16.6. The summed E-state index contributed by atoms with van der Waals surface area (Å²) in [7, 11) is 0. The lowest BCUT2D eigenvalue weighted by atomic mass is 10.2. The van der Waals surface area contributed by atoms with Crippen LogP contribution in [-0.4, -0.2) is 28.5 Å². The average molecular weight is 343 g/mol. The van der Waals surface area contributed by atoms with Crippen molar-refractivity contribution in [3.63, 3.8) is 0 Å². The molecule has 1 aromatic heterocycles. The van der Waals surface area contributed by atoms with Gasteiger partial charge >= 0.3 is 5.69 Å². The summed E-state index contributed by atoms with van der Waals surface area (Å²) >= 11 is 0. The maximum atomic E-state index is 11.9. The van der Waals surface area contributed by atoms with Crippen LogP contribution in [0, 0.1) is 10.1 Å². The fourth-order valence-electron chi connectivity index (χ4n) is 2.49. The second-order valence-electron chi connectivity index (χ2n) is 5.55. The van der Waals surface area contributed by atoms with Gasteiger partial charge in [0, 0.05) is 18.8 Å². The highest BCUT2D eigenvalue weighted by Gasteiger charge is 2.22. The maximum Gasteiger partial charge on any atom is 0.331 e. The van der Waals surface area contributed by atoms with Crippen molar-refractivity contribution in [1.82, 2.24) is 10.3 Å². The summed E-state index contributed by atoms with van der Waals surface area (Å²) in [6.45, 7) is 0.675. The summed E-state index contributed by atoms with van der Waals surface area (Å²) in [5.41, 5.74) is -0.210. The van der Waals surface area contributed by atoms with E-state index in [1.54, 1.807) is 24.3 Å². The number of hydrogen-bond donors (Lipinski definition) is 1. The van der Waals surface area contributed by atoms with Crippen LogP contribution in [-0.2, 0) is 4.79 Å². The third-order valence-electron chi connectivity index (χ3n) is 3.75. The standard InChI is InChI=1S/C17H17N3O5/c21-16-15(5-1-2-10-18-16)24-12-6-8-13(9-7-12)25-17-14(20(22)23)4-3-11-19-17/h3-4,6-9,11,15H,1-2,5,10H2,(H,18,21). The SMILES string of the molecule is O=C1NCCCCC1Oc1ccc(Oc2ncccc2[N+](=O)[O-])cc1. The molecule has 0 spiro atoms. The van der Waals surface area contributed by atoms with Crippen molar-refractivity contribution in [3.8, 4) is 17.4 Å². The molecular weight excluding hydrogens is 326 g/mol. The van der Waals surface area contributed by atoms with Crippen LogP contribution in [0.15, 0.2) is 42.6 Å². The molecule has 1 atom stereocenters. The Bertz CT molecular complexity index is 763. The van der Waals surface area contributed by atoms with Crippen molar-refractivity contribution < 1.29 is 19.2 Å². The molecule has 2 heterocycles. The summed E-state index contributed by atoms with van der Waals surface area (Å²) in [4.78, 5) is 26.2. The van der Waals surface area contributed by atoms with E-state index in [1.165, 1.54) is 18.3 Å². The van der Waals surface area contributed by atoms with Gasteiger partial charge in [-0.1, -0.05) is 0 Å². The van der Waals surface area contributed by atoms with Crippen molar-refractivity contribution in [3.05, 3.63) is 52.7 Å². The van der Waals surface area contributed by atoms with Crippen LogP contribution in [0.5, 0.6) is 17.4 Å². The average Bonchev–Trinajstić information content (AvgIpc) is 2.81. The largest absolute Gasteiger partial charge is 0.481 e. The first-order chi connectivity index (χ1) is 12.1. The first-order valence-electron chi connectivity index (χ1n) is 7.95. The molecule has 1 N–H and O–H groups in total. The fraction of sp³-hybridized carbons (Fsp3) is 0.294. The van der Waals surface area contributed by atoms with Gasteiger partial charge in [0.25, 0.3) is 11.8 Å². The van der Waals surface area contributed by atoms with Crippen LogP contribution < -0.4 is 14.8 Å². The van der Waals surface area contributed by atoms with Gasteiger partial charge in [0.05, 0.1) is 4.92 Å². The van der Waals surface area contributed by atoms with Gasteiger partial charge in [-0.05, 0) is 49.6 Å². The Labute approximate surface area is 143 Å². The predicted molar refractivity (Wildman–Crippen MR) is 88.7 cm³/mol. The zero-order chi connectivity index (χ0) is 17.6. The van der Waals surface area contributed by atoms with E-state index in [4.69, 9.17) is 9.47 Å². The zero-order valence-corrected chi connectivity index (χ0v) is 13.4. The van der Waals surface area contributed by atoms with E-state index in [1.807, 2.05) is 0 Å². The number of nitrogens with zero attached hydrogens (tertiary/aromatic N) is 2. The Morgan fingerprint density at radius 2 is 1.92 bits per heavy atom. The van der Waals surface area contributed by atoms with Crippen LogP contribution in [0.3, 0.4) is 0 Å². The number of amides is 1. The Morgan fingerprint density at radius 3 is 2.68 bits per heavy atom. The molecule has 1 aromatic carbocycles. The van der Waals surface area contributed by atoms with Crippen LogP contribution in [0.25, 0.3) is 0 Å². The molecule has 130 valence electrons. The molecule has 0 saturated carbocycles. The van der Waals surface area contributed by atoms with Crippen molar-refractivity contribution in [2.45, 2.75) is 25.4 Å². The summed E-state index contributed by atoms with van der Waals surface area (Å²) in [5.74, 6) is 0.732. The van der Waals surface area contributed by atoms with Gasteiger partial charge in [-0.15, -0.1) is 0 Å². The number of hydrogen-bond acceptors (Lipinski definition) is 6. The van der Waals surface area contributed by atoms with E-state index >= 15 is 0 Å². The van der Waals surface area contributed by atoms with Crippen LogP contribution in [0.4, 0.5) is 5.69 Å². The normalized spacial score (nSPS) is 17.3. The molecule has 8 heteroatoms. The molecule has 1 saturated heterocycles. The molecule has 1 fully saturated rings. The number of carbonyl (C=O) groups excluding carboxylic acids is 1. The summed E-state index contributed by atoms with van der Waals surface area (Å²) in [6.07, 6.45) is 3.45. The van der Waals surface area contributed by atoms with Crippen molar-refractivity contribution in [2.24, 2.45) is 0 Å². The molecule has 1 amide bonds. The Morgan fingerprint density at radius 1 is 1.16 bits per heavy atom. The molecule has 25 heavy (non-hydrogen) atoms. The summed E-state index contributed by atoms with van der Waals surface area (Å²) < 4.78 is 11.2. The van der Waals surface area contributed by atoms with Gasteiger partial charge in [-0.2, -0.15) is 0 Å². The number of nitro groups is 1. The van der Waals surface area contributed by atoms with Crippen LogP contribution in [0.1, 0.15) is 19.3 Å². The number of aromatic nitrogens is 1. The Hall–Kier alpha value is -3.16. The first-order valence-corrected chi connectivity index (χ1v) is 7.95. The molecule has 1 aliphatic rings. The molecule has 1 aliphatic heterocycles. The smallest absolute Gasteiger partial charge is 0.331 e. The minimum absolute atomic E-state index is 0.0793. The highest BCUT2D eigenvalue weighted by Crippen LogP contribution is 2.29. The van der Waals surface area contributed by atoms with E-state index in [-0.39, 0.29) is 17.5 Å².